The highest BCUT2D eigenvalue weighted by molar-refractivity contribution is 7.99. The summed E-state index contributed by atoms with van der Waals surface area (Å²) in [4.78, 5) is 20.8. The molecule has 0 unspecified atom stereocenters. The lowest BCUT2D eigenvalue weighted by atomic mass is 10.3. The highest BCUT2D eigenvalue weighted by Gasteiger charge is 2.20. The molecule has 1 aliphatic rings. The summed E-state index contributed by atoms with van der Waals surface area (Å²) in [6.07, 6.45) is 3.62. The Balaban J connectivity index is 1.29. The molecule has 2 aromatic rings. The van der Waals surface area contributed by atoms with Crippen LogP contribution in [0.25, 0.3) is 0 Å². The van der Waals surface area contributed by atoms with Gasteiger partial charge in [0.15, 0.2) is 0 Å². The summed E-state index contributed by atoms with van der Waals surface area (Å²) in [6.45, 7) is 5.01. The minimum atomic E-state index is 0.235. The SMILES string of the molecule is O=C(CSCc1cccnc1)N1CCN(CCOc2ccccc2)CC1. The van der Waals surface area contributed by atoms with E-state index >= 15 is 0 Å². The second kappa shape index (κ2) is 10.2. The number of carbonyl (C=O) groups excluding carboxylic acids is 1. The maximum atomic E-state index is 12.3. The van der Waals surface area contributed by atoms with Crippen molar-refractivity contribution in [2.45, 2.75) is 5.75 Å². The molecule has 1 aromatic carbocycles. The monoisotopic (exact) mass is 371 g/mol. The van der Waals surface area contributed by atoms with Crippen LogP contribution in [0.5, 0.6) is 5.75 Å². The van der Waals surface area contributed by atoms with Crippen molar-refractivity contribution in [2.24, 2.45) is 0 Å². The van der Waals surface area contributed by atoms with Gasteiger partial charge in [0.2, 0.25) is 5.91 Å². The highest BCUT2D eigenvalue weighted by Crippen LogP contribution is 2.13. The maximum absolute atomic E-state index is 12.3. The van der Waals surface area contributed by atoms with Gasteiger partial charge in [-0.15, -0.1) is 11.8 Å². The van der Waals surface area contributed by atoms with E-state index < -0.39 is 0 Å². The number of thioether (sulfide) groups is 1. The summed E-state index contributed by atoms with van der Waals surface area (Å²) in [6, 6.07) is 13.9. The number of piperazine rings is 1. The van der Waals surface area contributed by atoms with Crippen LogP contribution in [-0.4, -0.2) is 65.8 Å². The molecule has 0 atom stereocenters. The second-order valence-corrected chi connectivity index (χ2v) is 7.22. The summed E-state index contributed by atoms with van der Waals surface area (Å²) in [7, 11) is 0. The van der Waals surface area contributed by atoms with Crippen molar-refractivity contribution in [2.75, 3.05) is 45.1 Å². The molecule has 1 aliphatic heterocycles. The number of rotatable bonds is 8. The Labute approximate surface area is 159 Å². The van der Waals surface area contributed by atoms with Gasteiger partial charge >= 0.3 is 0 Å². The Hall–Kier alpha value is -2.05. The lowest BCUT2D eigenvalue weighted by molar-refractivity contribution is -0.130. The van der Waals surface area contributed by atoms with E-state index in [9.17, 15) is 4.79 Å². The van der Waals surface area contributed by atoms with Crippen molar-refractivity contribution in [3.05, 3.63) is 60.4 Å². The van der Waals surface area contributed by atoms with Crippen LogP contribution in [0.3, 0.4) is 0 Å². The lowest BCUT2D eigenvalue weighted by Gasteiger charge is -2.34. The van der Waals surface area contributed by atoms with Crippen molar-refractivity contribution in [3.63, 3.8) is 0 Å². The average molecular weight is 372 g/mol. The third-order valence-corrected chi connectivity index (χ3v) is 5.35. The number of ether oxygens (including phenoxy) is 1. The molecular weight excluding hydrogens is 346 g/mol. The predicted molar refractivity (Wildman–Crippen MR) is 105 cm³/mol. The molecule has 0 bridgehead atoms. The molecule has 0 radical (unpaired) electrons. The molecule has 0 spiro atoms. The number of para-hydroxylation sites is 1. The van der Waals surface area contributed by atoms with Gasteiger partial charge in [0.1, 0.15) is 12.4 Å². The molecule has 0 N–H and O–H groups in total. The van der Waals surface area contributed by atoms with Crippen molar-refractivity contribution >= 4 is 17.7 Å². The van der Waals surface area contributed by atoms with Gasteiger partial charge in [-0.05, 0) is 23.8 Å². The molecule has 26 heavy (non-hydrogen) atoms. The van der Waals surface area contributed by atoms with Crippen LogP contribution in [0.4, 0.5) is 0 Å². The summed E-state index contributed by atoms with van der Waals surface area (Å²) >= 11 is 1.66. The fourth-order valence-corrected chi connectivity index (χ4v) is 3.73. The zero-order chi connectivity index (χ0) is 18.0. The number of amides is 1. The highest BCUT2D eigenvalue weighted by atomic mass is 32.2. The summed E-state index contributed by atoms with van der Waals surface area (Å²) in [5, 5.41) is 0. The second-order valence-electron chi connectivity index (χ2n) is 6.24. The van der Waals surface area contributed by atoms with Gasteiger partial charge in [0, 0.05) is 50.9 Å². The summed E-state index contributed by atoms with van der Waals surface area (Å²) in [5.74, 6) is 2.51. The van der Waals surface area contributed by atoms with Crippen LogP contribution in [-0.2, 0) is 10.5 Å². The van der Waals surface area contributed by atoms with E-state index in [1.807, 2.05) is 53.6 Å². The van der Waals surface area contributed by atoms with E-state index in [4.69, 9.17) is 4.74 Å². The molecule has 2 heterocycles. The Kier molecular flexibility index (Phi) is 7.34. The van der Waals surface area contributed by atoms with E-state index in [0.29, 0.717) is 12.4 Å². The van der Waals surface area contributed by atoms with Crippen LogP contribution in [0.2, 0.25) is 0 Å². The average Bonchev–Trinajstić information content (AvgIpc) is 2.70. The summed E-state index contributed by atoms with van der Waals surface area (Å²) in [5.41, 5.74) is 1.16. The van der Waals surface area contributed by atoms with Crippen molar-refractivity contribution in [3.8, 4) is 5.75 Å². The summed E-state index contributed by atoms with van der Waals surface area (Å²) < 4.78 is 5.75. The number of carbonyl (C=O) groups is 1. The first-order valence-electron chi connectivity index (χ1n) is 8.96. The molecule has 3 rings (SSSR count). The number of nitrogens with zero attached hydrogens (tertiary/aromatic N) is 3. The van der Waals surface area contributed by atoms with Gasteiger partial charge in [-0.2, -0.15) is 0 Å². The standard InChI is InChI=1S/C20H25N3O2S/c24-20(17-26-16-18-5-4-8-21-15-18)23-11-9-22(10-12-23)13-14-25-19-6-2-1-3-7-19/h1-8,15H,9-14,16-17H2. The largest absolute Gasteiger partial charge is 0.492 e. The number of aromatic nitrogens is 1. The third-order valence-electron chi connectivity index (χ3n) is 4.36. The number of benzene rings is 1. The van der Waals surface area contributed by atoms with Gasteiger partial charge in [0.05, 0.1) is 5.75 Å². The molecule has 0 aliphatic carbocycles. The maximum Gasteiger partial charge on any atom is 0.232 e. The van der Waals surface area contributed by atoms with Crippen LogP contribution in [0, 0.1) is 0 Å². The van der Waals surface area contributed by atoms with Crippen molar-refractivity contribution in [1.82, 2.24) is 14.8 Å². The Bertz CT molecular complexity index is 661. The first-order chi connectivity index (χ1) is 12.8. The van der Waals surface area contributed by atoms with E-state index in [1.54, 1.807) is 18.0 Å². The van der Waals surface area contributed by atoms with Gasteiger partial charge in [-0.1, -0.05) is 24.3 Å². The number of hydrogen-bond acceptors (Lipinski definition) is 5. The molecule has 5 nitrogen and oxygen atoms in total. The quantitative estimate of drug-likeness (QED) is 0.714. The molecule has 1 aromatic heterocycles. The Morgan fingerprint density at radius 3 is 2.62 bits per heavy atom. The van der Waals surface area contributed by atoms with E-state index in [-0.39, 0.29) is 5.91 Å². The predicted octanol–water partition coefficient (Wildman–Crippen LogP) is 2.54. The zero-order valence-electron chi connectivity index (χ0n) is 14.9. The fourth-order valence-electron chi connectivity index (χ4n) is 2.86. The fraction of sp³-hybridized carbons (Fsp3) is 0.400. The van der Waals surface area contributed by atoms with Crippen LogP contribution in [0.1, 0.15) is 5.56 Å². The number of hydrogen-bond donors (Lipinski definition) is 0. The molecule has 6 heteroatoms. The molecule has 1 fully saturated rings. The molecular formula is C20H25N3O2S. The zero-order valence-corrected chi connectivity index (χ0v) is 15.7. The first kappa shape index (κ1) is 18.7. The molecule has 1 saturated heterocycles. The van der Waals surface area contributed by atoms with E-state index in [1.165, 1.54) is 0 Å². The minimum absolute atomic E-state index is 0.235. The third kappa shape index (κ3) is 6.04. The normalized spacial score (nSPS) is 15.0. The van der Waals surface area contributed by atoms with Crippen molar-refractivity contribution in [1.29, 1.82) is 0 Å². The van der Waals surface area contributed by atoms with Crippen LogP contribution < -0.4 is 4.74 Å². The smallest absolute Gasteiger partial charge is 0.232 e. The van der Waals surface area contributed by atoms with Crippen molar-refractivity contribution < 1.29 is 9.53 Å². The minimum Gasteiger partial charge on any atom is -0.492 e. The van der Waals surface area contributed by atoms with Gasteiger partial charge in [-0.25, -0.2) is 0 Å². The number of pyridine rings is 1. The van der Waals surface area contributed by atoms with Gasteiger partial charge in [-0.3, -0.25) is 14.7 Å². The lowest BCUT2D eigenvalue weighted by Crippen LogP contribution is -2.50. The van der Waals surface area contributed by atoms with Crippen LogP contribution >= 0.6 is 11.8 Å². The Morgan fingerprint density at radius 2 is 1.88 bits per heavy atom. The molecule has 1 amide bonds. The Morgan fingerprint density at radius 1 is 1.08 bits per heavy atom. The van der Waals surface area contributed by atoms with Gasteiger partial charge in [0.25, 0.3) is 0 Å². The van der Waals surface area contributed by atoms with Gasteiger partial charge < -0.3 is 9.64 Å². The van der Waals surface area contributed by atoms with E-state index in [0.717, 1.165) is 49.8 Å². The van der Waals surface area contributed by atoms with Crippen LogP contribution in [0.15, 0.2) is 54.9 Å². The van der Waals surface area contributed by atoms with E-state index in [2.05, 4.69) is 9.88 Å². The molecule has 138 valence electrons. The topological polar surface area (TPSA) is 45.7 Å². The molecule has 0 saturated carbocycles. The first-order valence-corrected chi connectivity index (χ1v) is 10.1.